The number of aliphatic carboxylic acids is 1. The molecule has 12 heteroatoms. The van der Waals surface area contributed by atoms with E-state index in [1.165, 1.54) is 0 Å². The van der Waals surface area contributed by atoms with Gasteiger partial charge >= 0.3 is 5.97 Å². The molecule has 2 aromatic carbocycles. The summed E-state index contributed by atoms with van der Waals surface area (Å²) in [7, 11) is 1.89. The molecule has 2 amide bonds. The highest BCUT2D eigenvalue weighted by molar-refractivity contribution is 6.36. The van der Waals surface area contributed by atoms with Crippen LogP contribution in [0.5, 0.6) is 0 Å². The van der Waals surface area contributed by atoms with E-state index in [0.717, 1.165) is 30.4 Å². The van der Waals surface area contributed by atoms with E-state index in [9.17, 15) is 19.5 Å². The number of hydrogen-bond donors (Lipinski definition) is 2. The minimum absolute atomic E-state index is 0.00934. The number of aryl methyl sites for hydroxylation is 1. The van der Waals surface area contributed by atoms with Gasteiger partial charge in [-0.2, -0.15) is 0 Å². The third-order valence-electron chi connectivity index (χ3n) is 10.1. The Hall–Kier alpha value is -3.15. The number of nitrogens with zero attached hydrogens (tertiary/aromatic N) is 3. The molecule has 3 aliphatic rings. The van der Waals surface area contributed by atoms with Gasteiger partial charge in [0.15, 0.2) is 0 Å². The molecule has 2 N–H and O–H groups in total. The van der Waals surface area contributed by atoms with Crippen LogP contribution >= 0.6 is 23.2 Å². The maximum atomic E-state index is 14.0. The fourth-order valence-electron chi connectivity index (χ4n) is 7.66. The first-order valence-electron chi connectivity index (χ1n) is 16.8. The van der Waals surface area contributed by atoms with Gasteiger partial charge in [0.05, 0.1) is 59.6 Å². The van der Waals surface area contributed by atoms with Crippen LogP contribution in [0.15, 0.2) is 42.6 Å². The Morgan fingerprint density at radius 1 is 1.00 bits per heavy atom. The Morgan fingerprint density at radius 2 is 1.71 bits per heavy atom. The molecular weight excluding hydrogens is 655 g/mol. The van der Waals surface area contributed by atoms with E-state index in [0.29, 0.717) is 65.7 Å². The second-order valence-electron chi connectivity index (χ2n) is 13.7. The lowest BCUT2D eigenvalue weighted by atomic mass is 9.87. The van der Waals surface area contributed by atoms with Gasteiger partial charge in [0.2, 0.25) is 5.91 Å². The number of carbonyl (C=O) groups is 3. The summed E-state index contributed by atoms with van der Waals surface area (Å²) in [6, 6.07) is 11.0. The summed E-state index contributed by atoms with van der Waals surface area (Å²) >= 11 is 13.4. The van der Waals surface area contributed by atoms with Crippen molar-refractivity contribution in [2.24, 2.45) is 13.0 Å². The average Bonchev–Trinajstić information content (AvgIpc) is 3.64. The number of para-hydroxylation sites is 1. The molecule has 2 unspecified atom stereocenters. The molecule has 0 spiro atoms. The number of carboxylic acids is 1. The maximum Gasteiger partial charge on any atom is 0.306 e. The number of fused-ring (bicyclic) bond motifs is 1. The summed E-state index contributed by atoms with van der Waals surface area (Å²) < 4.78 is 14.2. The van der Waals surface area contributed by atoms with Gasteiger partial charge in [0, 0.05) is 54.8 Å². The second kappa shape index (κ2) is 14.8. The average molecular weight is 700 g/mol. The fraction of sp³-hybridized carbons (Fsp3) is 0.528. The van der Waals surface area contributed by atoms with Crippen LogP contribution in [0.4, 0.5) is 5.69 Å². The molecule has 2 saturated heterocycles. The molecule has 258 valence electrons. The molecule has 1 aromatic heterocycles. The number of carbonyl (C=O) groups excluding carboxylic acids is 2. The van der Waals surface area contributed by atoms with Crippen molar-refractivity contribution in [3.63, 3.8) is 0 Å². The number of anilines is 1. The van der Waals surface area contributed by atoms with Crippen LogP contribution in [0, 0.1) is 5.92 Å². The zero-order chi connectivity index (χ0) is 34.1. The van der Waals surface area contributed by atoms with Gasteiger partial charge in [-0.15, -0.1) is 0 Å². The number of nitrogens with one attached hydrogen (secondary N) is 1. The van der Waals surface area contributed by atoms with Crippen molar-refractivity contribution in [3.05, 3.63) is 63.8 Å². The van der Waals surface area contributed by atoms with Crippen LogP contribution < -0.4 is 5.32 Å². The molecule has 1 saturated carbocycles. The van der Waals surface area contributed by atoms with Crippen LogP contribution in [0.2, 0.25) is 10.0 Å². The van der Waals surface area contributed by atoms with E-state index in [1.54, 1.807) is 18.3 Å². The number of halogens is 2. The summed E-state index contributed by atoms with van der Waals surface area (Å²) in [5.41, 5.74) is 2.42. The molecule has 2 aliphatic heterocycles. The van der Waals surface area contributed by atoms with Gasteiger partial charge in [0.1, 0.15) is 0 Å². The van der Waals surface area contributed by atoms with Gasteiger partial charge in [-0.3, -0.25) is 19.3 Å². The van der Waals surface area contributed by atoms with Gasteiger partial charge < -0.3 is 29.4 Å². The Morgan fingerprint density at radius 3 is 2.42 bits per heavy atom. The van der Waals surface area contributed by atoms with E-state index >= 15 is 0 Å². The zero-order valence-corrected chi connectivity index (χ0v) is 29.2. The lowest BCUT2D eigenvalue weighted by molar-refractivity contribution is -0.144. The SMILES string of the molecule is CC1CN(C2C[C@@H](COC3CCC(C(=O)O)CC3)N(C(=O)Cc3cc(Cl)c(NC(=O)c4cn(C)c5ccccc45)cc3Cl)C2)C[C@@H](C)O1. The monoisotopic (exact) mass is 698 g/mol. The predicted octanol–water partition coefficient (Wildman–Crippen LogP) is 6.02. The summed E-state index contributed by atoms with van der Waals surface area (Å²) in [6.45, 7) is 6.73. The first kappa shape index (κ1) is 34.7. The number of hydrogen-bond acceptors (Lipinski definition) is 6. The van der Waals surface area contributed by atoms with E-state index in [2.05, 4.69) is 24.1 Å². The van der Waals surface area contributed by atoms with Crippen molar-refractivity contribution in [2.45, 2.75) is 82.8 Å². The number of aromatic nitrogens is 1. The molecular formula is C36H44Cl2N4O6. The molecule has 0 bridgehead atoms. The van der Waals surface area contributed by atoms with Crippen molar-refractivity contribution < 1.29 is 29.0 Å². The second-order valence-corrected chi connectivity index (χ2v) is 14.5. The molecule has 1 aliphatic carbocycles. The fourth-order valence-corrected chi connectivity index (χ4v) is 8.12. The van der Waals surface area contributed by atoms with Crippen molar-refractivity contribution in [3.8, 4) is 0 Å². The quantitative estimate of drug-likeness (QED) is 0.281. The van der Waals surface area contributed by atoms with Gasteiger partial charge in [-0.25, -0.2) is 0 Å². The van der Waals surface area contributed by atoms with E-state index < -0.39 is 5.97 Å². The molecule has 0 radical (unpaired) electrons. The normalized spacial score (nSPS) is 26.6. The van der Waals surface area contributed by atoms with Crippen molar-refractivity contribution in [1.29, 1.82) is 0 Å². The number of morpholine rings is 1. The largest absolute Gasteiger partial charge is 0.481 e. The molecule has 3 aromatic rings. The minimum Gasteiger partial charge on any atom is -0.481 e. The van der Waals surface area contributed by atoms with E-state index in [-0.39, 0.29) is 54.5 Å². The highest BCUT2D eigenvalue weighted by Gasteiger charge is 2.40. The van der Waals surface area contributed by atoms with Crippen LogP contribution in [0.1, 0.15) is 61.9 Å². The topological polar surface area (TPSA) is 113 Å². The number of carboxylic acid groups (broad SMARTS) is 1. The Kier molecular flexibility index (Phi) is 10.7. The number of ether oxygens (including phenoxy) is 2. The van der Waals surface area contributed by atoms with Crippen LogP contribution in [-0.4, -0.2) is 93.9 Å². The smallest absolute Gasteiger partial charge is 0.306 e. The number of amides is 2. The molecule has 6 rings (SSSR count). The van der Waals surface area contributed by atoms with Gasteiger partial charge in [0.25, 0.3) is 5.91 Å². The van der Waals surface area contributed by atoms with Gasteiger partial charge in [-0.1, -0.05) is 41.4 Å². The number of rotatable bonds is 9. The Balaban J connectivity index is 1.14. The molecule has 3 fully saturated rings. The zero-order valence-electron chi connectivity index (χ0n) is 27.7. The maximum absolute atomic E-state index is 14.0. The van der Waals surface area contributed by atoms with E-state index in [1.807, 2.05) is 40.8 Å². The predicted molar refractivity (Wildman–Crippen MR) is 186 cm³/mol. The molecule has 3 heterocycles. The lowest BCUT2D eigenvalue weighted by Crippen LogP contribution is -2.51. The molecule has 48 heavy (non-hydrogen) atoms. The Labute approximate surface area is 291 Å². The number of likely N-dealkylation sites (tertiary alicyclic amines) is 1. The molecule has 10 nitrogen and oxygen atoms in total. The highest BCUT2D eigenvalue weighted by Crippen LogP contribution is 2.33. The number of benzene rings is 2. The van der Waals surface area contributed by atoms with Crippen LogP contribution in [0.3, 0.4) is 0 Å². The van der Waals surface area contributed by atoms with Crippen molar-refractivity contribution in [1.82, 2.24) is 14.4 Å². The first-order chi connectivity index (χ1) is 23.0. The van der Waals surface area contributed by atoms with Crippen LogP contribution in [0.25, 0.3) is 10.9 Å². The lowest BCUT2D eigenvalue weighted by Gasteiger charge is -2.38. The van der Waals surface area contributed by atoms with Crippen molar-refractivity contribution in [2.75, 3.05) is 31.6 Å². The third-order valence-corrected chi connectivity index (χ3v) is 10.8. The minimum atomic E-state index is -0.739. The summed E-state index contributed by atoms with van der Waals surface area (Å²) in [5, 5.41) is 13.7. The van der Waals surface area contributed by atoms with Crippen molar-refractivity contribution >= 4 is 57.6 Å². The first-order valence-corrected chi connectivity index (χ1v) is 17.6. The highest BCUT2D eigenvalue weighted by atomic mass is 35.5. The third kappa shape index (κ3) is 7.68. The Bertz CT molecular complexity index is 1660. The van der Waals surface area contributed by atoms with Crippen LogP contribution in [-0.2, 0) is 32.5 Å². The summed E-state index contributed by atoms with van der Waals surface area (Å²) in [5.74, 6) is -1.42. The van der Waals surface area contributed by atoms with Gasteiger partial charge in [-0.05, 0) is 69.7 Å². The summed E-state index contributed by atoms with van der Waals surface area (Å²) in [4.78, 5) is 43.0. The standard InChI is InChI=1S/C36H44Cl2N4O6/c1-21-16-41(17-22(2)48-21)25-14-26(20-47-27-10-8-23(9-11-27)36(45)46)42(18-25)34(43)13-24-12-31(38)32(15-30(24)37)39-35(44)29-19-40(3)33-7-5-4-6-28(29)33/h4-7,12,15,19,21-23,25-27H,8-11,13-14,16-18,20H2,1-3H3,(H,39,44)(H,45,46)/t21-,22?,23?,25?,26+,27?/m1/s1. The molecule has 4 atom stereocenters. The van der Waals surface area contributed by atoms with E-state index in [4.69, 9.17) is 32.7 Å². The summed E-state index contributed by atoms with van der Waals surface area (Å²) in [6.07, 6.45) is 5.46.